The van der Waals surface area contributed by atoms with Gasteiger partial charge >= 0.3 is 5.97 Å². The van der Waals surface area contributed by atoms with Gasteiger partial charge in [-0.15, -0.1) is 0 Å². The molecule has 0 bridgehead atoms. The second-order valence-electron chi connectivity index (χ2n) is 12.7. The van der Waals surface area contributed by atoms with Gasteiger partial charge in [-0.3, -0.25) is 4.79 Å². The highest BCUT2D eigenvalue weighted by atomic mass is 35.5. The van der Waals surface area contributed by atoms with Crippen LogP contribution in [0.15, 0.2) is 54.6 Å². The number of ether oxygens (including phenoxy) is 4. The molecular formula is C37H46Cl2N2O7. The van der Waals surface area contributed by atoms with Crippen molar-refractivity contribution in [1.29, 1.82) is 0 Å². The van der Waals surface area contributed by atoms with E-state index >= 15 is 0 Å². The average molecular weight is 702 g/mol. The molecule has 9 nitrogen and oxygen atoms in total. The van der Waals surface area contributed by atoms with E-state index in [0.29, 0.717) is 53.5 Å². The number of nitrogens with zero attached hydrogens (tertiary/aromatic N) is 1. The minimum Gasteiger partial charge on any atom is -0.490 e. The topological polar surface area (TPSA) is 121 Å². The maximum Gasteiger partial charge on any atom is 0.347 e. The number of amides is 1. The number of rotatable bonds is 19. The lowest BCUT2D eigenvalue weighted by molar-refractivity contribution is -0.152. The van der Waals surface area contributed by atoms with Crippen molar-refractivity contribution in [3.63, 3.8) is 0 Å². The molecule has 0 heterocycles. The van der Waals surface area contributed by atoms with Crippen molar-refractivity contribution >= 4 is 35.1 Å². The molecule has 0 aromatic heterocycles. The Kier molecular flexibility index (Phi) is 13.4. The Morgan fingerprint density at radius 2 is 1.58 bits per heavy atom. The molecule has 48 heavy (non-hydrogen) atoms. The van der Waals surface area contributed by atoms with Crippen LogP contribution in [-0.4, -0.2) is 67.0 Å². The van der Waals surface area contributed by atoms with Crippen LogP contribution >= 0.6 is 23.2 Å². The van der Waals surface area contributed by atoms with Gasteiger partial charge in [-0.1, -0.05) is 41.4 Å². The number of hydrogen-bond acceptors (Lipinski definition) is 7. The molecule has 1 aliphatic carbocycles. The summed E-state index contributed by atoms with van der Waals surface area (Å²) in [5.41, 5.74) is 8.59. The van der Waals surface area contributed by atoms with Gasteiger partial charge < -0.3 is 34.7 Å². The molecule has 1 saturated carbocycles. The summed E-state index contributed by atoms with van der Waals surface area (Å²) in [6.45, 7) is 6.71. The first-order valence-corrected chi connectivity index (χ1v) is 17.0. The van der Waals surface area contributed by atoms with E-state index in [2.05, 4.69) is 6.07 Å². The molecule has 1 aliphatic rings. The fraction of sp³-hybridized carbons (Fsp3) is 0.459. The van der Waals surface area contributed by atoms with Crippen molar-refractivity contribution in [2.24, 2.45) is 11.7 Å². The van der Waals surface area contributed by atoms with E-state index in [4.69, 9.17) is 47.9 Å². The zero-order chi connectivity index (χ0) is 34.8. The van der Waals surface area contributed by atoms with Crippen LogP contribution in [0.3, 0.4) is 0 Å². The van der Waals surface area contributed by atoms with Gasteiger partial charge in [0.05, 0.1) is 16.0 Å². The lowest BCUT2D eigenvalue weighted by Gasteiger charge is -2.28. The number of halogens is 2. The Labute approximate surface area is 293 Å². The number of nitrogens with two attached hydrogens (primary N) is 1. The second-order valence-corrected chi connectivity index (χ2v) is 13.5. The molecule has 3 aromatic carbocycles. The molecule has 260 valence electrons. The molecule has 0 spiro atoms. The maximum absolute atomic E-state index is 14.0. The fourth-order valence-corrected chi connectivity index (χ4v) is 6.10. The molecule has 3 aromatic rings. The van der Waals surface area contributed by atoms with Gasteiger partial charge in [-0.25, -0.2) is 4.79 Å². The Bertz CT molecular complexity index is 1520. The van der Waals surface area contributed by atoms with Crippen LogP contribution in [-0.2, 0) is 33.7 Å². The van der Waals surface area contributed by atoms with Crippen molar-refractivity contribution in [3.05, 3.63) is 86.9 Å². The molecular weight excluding hydrogens is 655 g/mol. The van der Waals surface area contributed by atoms with E-state index < -0.39 is 17.5 Å². The van der Waals surface area contributed by atoms with Crippen molar-refractivity contribution in [2.45, 2.75) is 71.1 Å². The summed E-state index contributed by atoms with van der Waals surface area (Å²) in [4.78, 5) is 27.6. The molecule has 1 amide bonds. The first kappa shape index (κ1) is 37.3. The van der Waals surface area contributed by atoms with E-state index in [9.17, 15) is 14.7 Å². The Hall–Kier alpha value is -3.50. The van der Waals surface area contributed by atoms with E-state index in [-0.39, 0.29) is 25.1 Å². The number of aryl methyl sites for hydroxylation is 2. The first-order chi connectivity index (χ1) is 22.9. The Morgan fingerprint density at radius 3 is 2.19 bits per heavy atom. The molecule has 11 heteroatoms. The fourth-order valence-electron chi connectivity index (χ4n) is 5.39. The third kappa shape index (κ3) is 10.8. The quantitative estimate of drug-likeness (QED) is 0.130. The number of methoxy groups -OCH3 is 1. The standard InChI is InChI=1S/C37H46Cl2N2O7/c1-24-16-32(38)34(33(39)17-24)47-15-14-46-30-11-7-25(8-12-30)19-28(22-40)35(42)41(29-9-10-29)23-27-18-26(6-5-13-45-4)20-31(21-27)48-37(2,3)36(43)44/h7-8,11-12,16-18,20-21,28-29H,5-6,9-10,13-15,19,22-23,40H2,1-4H3,(H,43,44). The monoisotopic (exact) mass is 700 g/mol. The van der Waals surface area contributed by atoms with Gasteiger partial charge in [-0.2, -0.15) is 0 Å². The van der Waals surface area contributed by atoms with Crippen LogP contribution < -0.4 is 19.9 Å². The third-order valence-electron chi connectivity index (χ3n) is 8.13. The number of carbonyl (C=O) groups is 2. The van der Waals surface area contributed by atoms with Crippen molar-refractivity contribution in [3.8, 4) is 17.2 Å². The summed E-state index contributed by atoms with van der Waals surface area (Å²) in [6, 6.07) is 17.1. The van der Waals surface area contributed by atoms with Gasteiger partial charge in [0.2, 0.25) is 5.91 Å². The molecule has 3 N–H and O–H groups in total. The van der Waals surface area contributed by atoms with Crippen molar-refractivity contribution in [2.75, 3.05) is 33.5 Å². The highest BCUT2D eigenvalue weighted by Gasteiger charge is 2.36. The Balaban J connectivity index is 1.39. The third-order valence-corrected chi connectivity index (χ3v) is 8.69. The second kappa shape index (κ2) is 17.2. The number of carboxylic acid groups (broad SMARTS) is 1. The number of benzene rings is 3. The summed E-state index contributed by atoms with van der Waals surface area (Å²) < 4.78 is 22.7. The van der Waals surface area contributed by atoms with Crippen LogP contribution in [0.1, 0.15) is 55.4 Å². The van der Waals surface area contributed by atoms with E-state index in [1.54, 1.807) is 19.2 Å². The van der Waals surface area contributed by atoms with Crippen molar-refractivity contribution in [1.82, 2.24) is 4.90 Å². The van der Waals surface area contributed by atoms with Crippen molar-refractivity contribution < 1.29 is 33.6 Å². The lowest BCUT2D eigenvalue weighted by atomic mass is 9.97. The molecule has 1 unspecified atom stereocenters. The number of carboxylic acids is 1. The maximum atomic E-state index is 14.0. The molecule has 0 radical (unpaired) electrons. The minimum atomic E-state index is -1.41. The van der Waals surface area contributed by atoms with E-state index in [1.807, 2.05) is 48.2 Å². The number of aliphatic carboxylic acids is 1. The lowest BCUT2D eigenvalue weighted by Crippen LogP contribution is -2.41. The van der Waals surface area contributed by atoms with Crippen LogP contribution in [0, 0.1) is 12.8 Å². The Morgan fingerprint density at radius 1 is 0.938 bits per heavy atom. The number of hydrogen-bond donors (Lipinski definition) is 2. The van der Waals surface area contributed by atoms with Gasteiger partial charge in [0.15, 0.2) is 11.4 Å². The zero-order valence-electron chi connectivity index (χ0n) is 28.1. The van der Waals surface area contributed by atoms with Crippen LogP contribution in [0.5, 0.6) is 17.2 Å². The van der Waals surface area contributed by atoms with Crippen LogP contribution in [0.4, 0.5) is 0 Å². The minimum absolute atomic E-state index is 0.00372. The molecule has 0 aliphatic heterocycles. The molecule has 0 saturated heterocycles. The molecule has 1 fully saturated rings. The largest absolute Gasteiger partial charge is 0.490 e. The highest BCUT2D eigenvalue weighted by molar-refractivity contribution is 6.37. The predicted molar refractivity (Wildman–Crippen MR) is 187 cm³/mol. The average Bonchev–Trinajstić information content (AvgIpc) is 3.87. The molecule has 4 rings (SSSR count). The predicted octanol–water partition coefficient (Wildman–Crippen LogP) is 6.89. The normalized spacial score (nSPS) is 13.6. The smallest absolute Gasteiger partial charge is 0.347 e. The van der Waals surface area contributed by atoms with Gasteiger partial charge in [0.1, 0.15) is 24.7 Å². The number of carbonyl (C=O) groups excluding carboxylic acids is 1. The van der Waals surface area contributed by atoms with Gasteiger partial charge in [-0.05, 0) is 112 Å². The van der Waals surface area contributed by atoms with Gasteiger partial charge in [0, 0.05) is 32.8 Å². The first-order valence-electron chi connectivity index (χ1n) is 16.2. The van der Waals surface area contributed by atoms with E-state index in [1.165, 1.54) is 13.8 Å². The van der Waals surface area contributed by atoms with Crippen LogP contribution in [0.2, 0.25) is 10.0 Å². The zero-order valence-corrected chi connectivity index (χ0v) is 29.6. The summed E-state index contributed by atoms with van der Waals surface area (Å²) in [5, 5.41) is 10.5. The molecule has 1 atom stereocenters. The van der Waals surface area contributed by atoms with E-state index in [0.717, 1.165) is 47.9 Å². The van der Waals surface area contributed by atoms with Gasteiger partial charge in [0.25, 0.3) is 0 Å². The summed E-state index contributed by atoms with van der Waals surface area (Å²) >= 11 is 12.5. The van der Waals surface area contributed by atoms with Crippen LogP contribution in [0.25, 0.3) is 0 Å². The summed E-state index contributed by atoms with van der Waals surface area (Å²) in [6.07, 6.45) is 3.90. The highest BCUT2D eigenvalue weighted by Crippen LogP contribution is 2.34. The summed E-state index contributed by atoms with van der Waals surface area (Å²) in [5.74, 6) is 0.115. The SMILES string of the molecule is COCCCc1cc(CN(C(=O)C(CN)Cc2ccc(OCCOc3c(Cl)cc(C)cc3Cl)cc2)C2CC2)cc(OC(C)(C)C(=O)O)c1. The summed E-state index contributed by atoms with van der Waals surface area (Å²) in [7, 11) is 1.66.